The fourth-order valence-electron chi connectivity index (χ4n) is 3.11. The third kappa shape index (κ3) is 5.36. The van der Waals surface area contributed by atoms with Crippen molar-refractivity contribution in [3.05, 3.63) is 93.2 Å². The summed E-state index contributed by atoms with van der Waals surface area (Å²) in [5.41, 5.74) is 2.89. The van der Waals surface area contributed by atoms with Gasteiger partial charge >= 0.3 is 0 Å². The Morgan fingerprint density at radius 3 is 2.50 bits per heavy atom. The zero-order chi connectivity index (χ0) is 21.7. The van der Waals surface area contributed by atoms with Crippen molar-refractivity contribution in [3.63, 3.8) is 0 Å². The number of carbonyl (C=O) groups excluding carboxylic acids is 1. The molecule has 0 bridgehead atoms. The molecule has 0 saturated heterocycles. The molecule has 0 spiro atoms. The molecule has 1 atom stereocenters. The number of thioether (sulfide) groups is 1. The van der Waals surface area contributed by atoms with Gasteiger partial charge in [0.1, 0.15) is 5.82 Å². The van der Waals surface area contributed by atoms with Crippen LogP contribution in [0.5, 0.6) is 0 Å². The highest BCUT2D eigenvalue weighted by molar-refractivity contribution is 7.99. The summed E-state index contributed by atoms with van der Waals surface area (Å²) >= 11 is 1.23. The number of nitrogens with one attached hydrogen (secondary N) is 1. The molecule has 1 N–H and O–H groups in total. The first-order valence-electron chi connectivity index (χ1n) is 9.63. The van der Waals surface area contributed by atoms with Crippen LogP contribution in [-0.4, -0.2) is 21.2 Å². The summed E-state index contributed by atoms with van der Waals surface area (Å²) in [6.45, 7) is 3.71. The summed E-state index contributed by atoms with van der Waals surface area (Å²) < 4.78 is 14.6. The number of nitrogens with zero attached hydrogens (tertiary/aromatic N) is 2. The van der Waals surface area contributed by atoms with Crippen molar-refractivity contribution in [2.45, 2.75) is 31.5 Å². The predicted molar refractivity (Wildman–Crippen MR) is 117 cm³/mol. The molecule has 1 aromatic heterocycles. The fourth-order valence-corrected chi connectivity index (χ4v) is 3.93. The molecule has 3 aromatic rings. The van der Waals surface area contributed by atoms with Crippen LogP contribution in [-0.2, 0) is 18.3 Å². The van der Waals surface area contributed by atoms with Gasteiger partial charge in [-0.15, -0.1) is 0 Å². The van der Waals surface area contributed by atoms with E-state index in [1.807, 2.05) is 37.3 Å². The second kappa shape index (κ2) is 9.71. The van der Waals surface area contributed by atoms with E-state index in [4.69, 9.17) is 0 Å². The van der Waals surface area contributed by atoms with E-state index < -0.39 is 0 Å². The van der Waals surface area contributed by atoms with Gasteiger partial charge in [0.15, 0.2) is 5.16 Å². The van der Waals surface area contributed by atoms with Crippen molar-refractivity contribution in [2.75, 3.05) is 5.75 Å². The van der Waals surface area contributed by atoms with Crippen LogP contribution in [0.15, 0.2) is 64.5 Å². The number of benzene rings is 2. The maximum Gasteiger partial charge on any atom is 0.257 e. The van der Waals surface area contributed by atoms with E-state index in [0.29, 0.717) is 22.8 Å². The van der Waals surface area contributed by atoms with E-state index in [1.165, 1.54) is 28.5 Å². The highest BCUT2D eigenvalue weighted by Gasteiger charge is 2.15. The molecule has 0 fully saturated rings. The number of rotatable bonds is 7. The number of carbonyl (C=O) groups is 1. The Kier molecular flexibility index (Phi) is 7.05. The third-order valence-corrected chi connectivity index (χ3v) is 5.88. The van der Waals surface area contributed by atoms with Gasteiger partial charge in [-0.25, -0.2) is 9.37 Å². The number of aryl methyl sites for hydroxylation is 1. The maximum absolute atomic E-state index is 13.1. The van der Waals surface area contributed by atoms with Crippen LogP contribution in [0.25, 0.3) is 0 Å². The van der Waals surface area contributed by atoms with Gasteiger partial charge in [-0.05, 0) is 37.1 Å². The Labute approximate surface area is 179 Å². The zero-order valence-electron chi connectivity index (χ0n) is 17.2. The number of hydrogen-bond donors (Lipinski definition) is 1. The summed E-state index contributed by atoms with van der Waals surface area (Å²) in [7, 11) is 1.65. The average Bonchev–Trinajstić information content (AvgIpc) is 2.74. The third-order valence-electron chi connectivity index (χ3n) is 4.85. The molecule has 0 aliphatic rings. The van der Waals surface area contributed by atoms with Crippen LogP contribution in [0.2, 0.25) is 0 Å². The van der Waals surface area contributed by atoms with Gasteiger partial charge in [0, 0.05) is 24.7 Å². The average molecular weight is 426 g/mol. The zero-order valence-corrected chi connectivity index (χ0v) is 18.0. The van der Waals surface area contributed by atoms with Gasteiger partial charge in [-0.1, -0.05) is 54.2 Å². The summed E-state index contributed by atoms with van der Waals surface area (Å²) in [6, 6.07) is 15.7. The quantitative estimate of drug-likeness (QED) is 0.462. The lowest BCUT2D eigenvalue weighted by atomic mass is 10.1. The molecule has 1 unspecified atom stereocenters. The van der Waals surface area contributed by atoms with Gasteiger partial charge < -0.3 is 5.32 Å². The molecular formula is C23H24FN3O2S. The molecule has 1 heterocycles. The molecule has 5 nitrogen and oxygen atoms in total. The molecule has 0 radical (unpaired) electrons. The standard InChI is InChI=1S/C23H24FN3O2S/c1-15(18-7-5-4-6-8-18)25-21(28)14-30-23-26-16(2)20(22(29)27(23)3)13-17-9-11-19(24)12-10-17/h4-12,15H,13-14H2,1-3H3,(H,25,28). The Morgan fingerprint density at radius 2 is 1.83 bits per heavy atom. The largest absolute Gasteiger partial charge is 0.349 e. The molecule has 3 rings (SSSR count). The van der Waals surface area contributed by atoms with E-state index in [1.54, 1.807) is 26.1 Å². The Hall–Kier alpha value is -2.93. The molecule has 7 heteroatoms. The minimum absolute atomic E-state index is 0.101. The van der Waals surface area contributed by atoms with E-state index in [-0.39, 0.29) is 29.1 Å². The molecule has 156 valence electrons. The van der Waals surface area contributed by atoms with Crippen LogP contribution in [0.1, 0.15) is 35.3 Å². The topological polar surface area (TPSA) is 64.0 Å². The van der Waals surface area contributed by atoms with Crippen LogP contribution >= 0.6 is 11.8 Å². The first kappa shape index (κ1) is 21.8. The first-order chi connectivity index (χ1) is 14.3. The SMILES string of the molecule is Cc1nc(SCC(=O)NC(C)c2ccccc2)n(C)c(=O)c1Cc1ccc(F)cc1. The van der Waals surface area contributed by atoms with Gasteiger partial charge in [-0.2, -0.15) is 0 Å². The first-order valence-corrected chi connectivity index (χ1v) is 10.6. The monoisotopic (exact) mass is 425 g/mol. The van der Waals surface area contributed by atoms with Crippen LogP contribution < -0.4 is 10.9 Å². The van der Waals surface area contributed by atoms with Crippen molar-refractivity contribution in [3.8, 4) is 0 Å². The number of hydrogen-bond acceptors (Lipinski definition) is 4. The Bertz CT molecular complexity index is 1080. The van der Waals surface area contributed by atoms with Crippen LogP contribution in [0.4, 0.5) is 4.39 Å². The van der Waals surface area contributed by atoms with Crippen molar-refractivity contribution in [2.24, 2.45) is 7.05 Å². The van der Waals surface area contributed by atoms with Crippen molar-refractivity contribution >= 4 is 17.7 Å². The maximum atomic E-state index is 13.1. The number of aromatic nitrogens is 2. The highest BCUT2D eigenvalue weighted by atomic mass is 32.2. The second-order valence-corrected chi connectivity index (χ2v) is 8.06. The Balaban J connectivity index is 1.67. The lowest BCUT2D eigenvalue weighted by Gasteiger charge is -2.15. The van der Waals surface area contributed by atoms with Crippen LogP contribution in [0, 0.1) is 12.7 Å². The van der Waals surface area contributed by atoms with Crippen molar-refractivity contribution in [1.82, 2.24) is 14.9 Å². The predicted octanol–water partition coefficient (Wildman–Crippen LogP) is 3.79. The summed E-state index contributed by atoms with van der Waals surface area (Å²) in [6.07, 6.45) is 0.381. The van der Waals surface area contributed by atoms with E-state index in [9.17, 15) is 14.0 Å². The highest BCUT2D eigenvalue weighted by Crippen LogP contribution is 2.18. The van der Waals surface area contributed by atoms with Gasteiger partial charge in [0.05, 0.1) is 11.8 Å². The molecule has 0 saturated carbocycles. The minimum Gasteiger partial charge on any atom is -0.349 e. The smallest absolute Gasteiger partial charge is 0.257 e. The summed E-state index contributed by atoms with van der Waals surface area (Å²) in [4.78, 5) is 29.7. The van der Waals surface area contributed by atoms with E-state index >= 15 is 0 Å². The lowest BCUT2D eigenvalue weighted by molar-refractivity contribution is -0.119. The molecular weight excluding hydrogens is 401 g/mol. The van der Waals surface area contributed by atoms with Gasteiger partial charge in [0.2, 0.25) is 5.91 Å². The fraction of sp³-hybridized carbons (Fsp3) is 0.261. The van der Waals surface area contributed by atoms with Crippen molar-refractivity contribution < 1.29 is 9.18 Å². The lowest BCUT2D eigenvalue weighted by Crippen LogP contribution is -2.29. The summed E-state index contributed by atoms with van der Waals surface area (Å²) in [5, 5.41) is 3.45. The van der Waals surface area contributed by atoms with Crippen LogP contribution in [0.3, 0.4) is 0 Å². The van der Waals surface area contributed by atoms with Gasteiger partial charge in [-0.3, -0.25) is 14.2 Å². The van der Waals surface area contributed by atoms with Crippen molar-refractivity contribution in [1.29, 1.82) is 0 Å². The number of halogens is 1. The normalized spacial score (nSPS) is 11.9. The molecule has 2 aromatic carbocycles. The molecule has 30 heavy (non-hydrogen) atoms. The molecule has 0 aliphatic carbocycles. The number of amides is 1. The molecule has 1 amide bonds. The second-order valence-electron chi connectivity index (χ2n) is 7.11. The minimum atomic E-state index is -0.312. The van der Waals surface area contributed by atoms with E-state index in [2.05, 4.69) is 10.3 Å². The molecule has 0 aliphatic heterocycles. The van der Waals surface area contributed by atoms with E-state index in [0.717, 1.165) is 11.1 Å². The van der Waals surface area contributed by atoms with Gasteiger partial charge in [0.25, 0.3) is 5.56 Å². The Morgan fingerprint density at radius 1 is 1.17 bits per heavy atom. The summed E-state index contributed by atoms with van der Waals surface area (Å²) in [5.74, 6) is -0.277.